The first-order valence-corrected chi connectivity index (χ1v) is 14.7. The van der Waals surface area contributed by atoms with Gasteiger partial charge in [-0.25, -0.2) is 9.48 Å². The summed E-state index contributed by atoms with van der Waals surface area (Å²) >= 11 is 4.11. The van der Waals surface area contributed by atoms with Gasteiger partial charge in [0.2, 0.25) is 11.1 Å². The van der Waals surface area contributed by atoms with Gasteiger partial charge < -0.3 is 10.1 Å². The molecule has 0 bridgehead atoms. The Morgan fingerprint density at radius 1 is 1.37 bits per heavy atom. The van der Waals surface area contributed by atoms with Crippen molar-refractivity contribution in [2.45, 2.75) is 47.2 Å². The van der Waals surface area contributed by atoms with Crippen molar-refractivity contribution in [1.29, 1.82) is 0 Å². The number of tetrazole rings is 1. The summed E-state index contributed by atoms with van der Waals surface area (Å²) in [5, 5.41) is 16.0. The number of aromatic nitrogens is 4. The largest absolute Gasteiger partial charge is 0.455 e. The summed E-state index contributed by atoms with van der Waals surface area (Å²) in [6.07, 6.45) is 0. The first-order chi connectivity index (χ1) is 16.5. The molecule has 0 saturated carbocycles. The second kappa shape index (κ2) is 10.4. The van der Waals surface area contributed by atoms with Crippen LogP contribution in [0.3, 0.4) is 0 Å². The van der Waals surface area contributed by atoms with Crippen LogP contribution < -0.4 is 5.32 Å². The highest BCUT2D eigenvalue weighted by atomic mass is 32.2. The Morgan fingerprint density at radius 2 is 2.14 bits per heavy atom. The van der Waals surface area contributed by atoms with Crippen LogP contribution in [0.2, 0.25) is 0 Å². The van der Waals surface area contributed by atoms with Crippen LogP contribution in [0, 0.1) is 0 Å². The topological polar surface area (TPSA) is 136 Å². The van der Waals surface area contributed by atoms with Crippen molar-refractivity contribution in [2.24, 2.45) is 7.05 Å². The van der Waals surface area contributed by atoms with Gasteiger partial charge in [0, 0.05) is 18.6 Å². The van der Waals surface area contributed by atoms with E-state index in [0.717, 1.165) is 5.57 Å². The van der Waals surface area contributed by atoms with E-state index in [2.05, 4.69) is 20.8 Å². The van der Waals surface area contributed by atoms with Crippen molar-refractivity contribution in [3.8, 4) is 0 Å². The van der Waals surface area contributed by atoms with Crippen LogP contribution in [0.15, 0.2) is 38.1 Å². The number of thiophene rings is 1. The number of ether oxygens (including phenoxy) is 1. The molecule has 2 aliphatic heterocycles. The van der Waals surface area contributed by atoms with E-state index in [1.807, 2.05) is 0 Å². The van der Waals surface area contributed by atoms with Crippen LogP contribution in [0.1, 0.15) is 20.8 Å². The molecule has 0 aliphatic carbocycles. The van der Waals surface area contributed by atoms with E-state index in [4.69, 9.17) is 4.74 Å². The molecule has 4 heterocycles. The molecular weight excluding hydrogens is 533 g/mol. The van der Waals surface area contributed by atoms with Crippen molar-refractivity contribution in [2.75, 3.05) is 17.3 Å². The molecule has 35 heavy (non-hydrogen) atoms. The maximum atomic E-state index is 13.1. The Bertz CT molecular complexity index is 1190. The number of esters is 1. The predicted molar refractivity (Wildman–Crippen MR) is 133 cm³/mol. The lowest BCUT2D eigenvalue weighted by molar-refractivity contribution is -0.158. The number of nitrogens with one attached hydrogen (secondary N) is 1. The summed E-state index contributed by atoms with van der Waals surface area (Å²) in [5.41, 5.74) is 0.179. The van der Waals surface area contributed by atoms with Gasteiger partial charge in [-0.1, -0.05) is 17.8 Å². The van der Waals surface area contributed by atoms with E-state index in [1.165, 1.54) is 44.4 Å². The molecule has 0 radical (unpaired) electrons. The van der Waals surface area contributed by atoms with E-state index in [-0.39, 0.29) is 11.4 Å². The van der Waals surface area contributed by atoms with Gasteiger partial charge in [0.1, 0.15) is 28.5 Å². The minimum absolute atomic E-state index is 0.198. The van der Waals surface area contributed by atoms with Crippen molar-refractivity contribution >= 4 is 63.4 Å². The number of β-lactam (4-membered cyclic amide) rings is 1. The molecule has 15 heteroatoms. The Hall–Kier alpha value is -2.23. The van der Waals surface area contributed by atoms with E-state index in [9.17, 15) is 18.6 Å². The third kappa shape index (κ3) is 5.78. The van der Waals surface area contributed by atoms with Gasteiger partial charge in [0.05, 0.1) is 15.0 Å². The summed E-state index contributed by atoms with van der Waals surface area (Å²) in [7, 11) is 0.239. The summed E-state index contributed by atoms with van der Waals surface area (Å²) in [5.74, 6) is -0.844. The molecule has 2 aliphatic rings. The maximum absolute atomic E-state index is 13.1. The molecule has 2 amide bonds. The van der Waals surface area contributed by atoms with E-state index >= 15 is 0 Å². The van der Waals surface area contributed by atoms with Crippen molar-refractivity contribution in [3.05, 3.63) is 28.8 Å². The Labute approximate surface area is 216 Å². The molecule has 0 spiro atoms. The number of amides is 2. The summed E-state index contributed by atoms with van der Waals surface area (Å²) in [6, 6.07) is 2.67. The average molecular weight is 557 g/mol. The zero-order valence-corrected chi connectivity index (χ0v) is 22.7. The van der Waals surface area contributed by atoms with E-state index in [0.29, 0.717) is 20.9 Å². The summed E-state index contributed by atoms with van der Waals surface area (Å²) in [4.78, 5) is 40.1. The minimum Gasteiger partial charge on any atom is -0.455 e. The number of carbonyl (C=O) groups excluding carboxylic acids is 3. The number of hydrogen-bond acceptors (Lipinski definition) is 11. The van der Waals surface area contributed by atoms with Crippen LogP contribution in [-0.4, -0.2) is 81.4 Å². The third-order valence-electron chi connectivity index (χ3n) is 4.89. The minimum atomic E-state index is -1.48. The molecule has 1 saturated heterocycles. The van der Waals surface area contributed by atoms with Gasteiger partial charge in [-0.2, -0.15) is 0 Å². The molecule has 1 N–H and O–H groups in total. The first kappa shape index (κ1) is 25.9. The Balaban J connectivity index is 1.49. The van der Waals surface area contributed by atoms with Crippen LogP contribution in [0.4, 0.5) is 0 Å². The highest BCUT2D eigenvalue weighted by Gasteiger charge is 2.54. The molecule has 2 aromatic rings. The van der Waals surface area contributed by atoms with E-state index < -0.39 is 45.6 Å². The predicted octanol–water partition coefficient (Wildman–Crippen LogP) is 1.17. The smallest absolute Gasteiger partial charge is 0.355 e. The average Bonchev–Trinajstić information content (AvgIpc) is 3.46. The zero-order valence-electron chi connectivity index (χ0n) is 19.4. The zero-order chi connectivity index (χ0) is 25.3. The number of hydrogen-bond donors (Lipinski definition) is 1. The lowest BCUT2D eigenvalue weighted by Gasteiger charge is -2.50. The lowest BCUT2D eigenvalue weighted by Crippen LogP contribution is -2.71. The van der Waals surface area contributed by atoms with Crippen molar-refractivity contribution in [1.82, 2.24) is 30.4 Å². The monoisotopic (exact) mass is 556 g/mol. The molecule has 2 unspecified atom stereocenters. The molecule has 2 aromatic heterocycles. The molecule has 4 rings (SSSR count). The van der Waals surface area contributed by atoms with Gasteiger partial charge >= 0.3 is 5.97 Å². The Kier molecular flexibility index (Phi) is 7.68. The van der Waals surface area contributed by atoms with Crippen LogP contribution in [0.25, 0.3) is 0 Å². The lowest BCUT2D eigenvalue weighted by atomic mass is 10.0. The fraction of sp³-hybridized carbons (Fsp3) is 0.500. The van der Waals surface area contributed by atoms with Gasteiger partial charge in [-0.15, -0.1) is 28.2 Å². The maximum Gasteiger partial charge on any atom is 0.355 e. The molecule has 11 nitrogen and oxygen atoms in total. The number of aryl methyl sites for hydroxylation is 1. The molecular formula is C20H24N6O5S4. The Morgan fingerprint density at radius 3 is 2.77 bits per heavy atom. The highest BCUT2D eigenvalue weighted by molar-refractivity contribution is 8.01. The van der Waals surface area contributed by atoms with E-state index in [1.54, 1.807) is 45.3 Å². The van der Waals surface area contributed by atoms with Gasteiger partial charge in [0.15, 0.2) is 0 Å². The number of carbonyl (C=O) groups is 3. The highest BCUT2D eigenvalue weighted by Crippen LogP contribution is 2.42. The molecule has 0 aromatic carbocycles. The van der Waals surface area contributed by atoms with Gasteiger partial charge in [-0.3, -0.25) is 18.7 Å². The first-order valence-electron chi connectivity index (χ1n) is 10.5. The van der Waals surface area contributed by atoms with Crippen molar-refractivity contribution in [3.63, 3.8) is 0 Å². The van der Waals surface area contributed by atoms with Crippen LogP contribution >= 0.6 is 34.9 Å². The summed E-state index contributed by atoms with van der Waals surface area (Å²) in [6.45, 7) is 5.28. The number of rotatable bonds is 8. The number of thioether (sulfide) groups is 2. The number of nitrogens with zero attached hydrogens (tertiary/aromatic N) is 5. The molecule has 188 valence electrons. The van der Waals surface area contributed by atoms with Gasteiger partial charge in [0.25, 0.3) is 5.91 Å². The van der Waals surface area contributed by atoms with Crippen LogP contribution in [-0.2, 0) is 37.0 Å². The molecule has 1 fully saturated rings. The van der Waals surface area contributed by atoms with Crippen molar-refractivity contribution < 1.29 is 23.3 Å². The number of fused-ring (bicyclic) bond motifs is 1. The second-order valence-electron chi connectivity index (χ2n) is 8.70. The summed E-state index contributed by atoms with van der Waals surface area (Å²) < 4.78 is 20.1. The standard InChI is InChI=1S/C20H24N6O5S4/c1-20(2,3)31-18(29)15-11(9-34-19-22-23-24-25(19)4)8-33-17-14(16(28)26(15)17)21-12(27)10-35(30)13-6-5-7-32-13/h5-7,14,17H,8-10H2,1-4H3,(H,21,27)/t14?,17-,35?/m0/s1. The second-order valence-corrected chi connectivity index (χ2v) is 13.4. The van der Waals surface area contributed by atoms with Crippen LogP contribution in [0.5, 0.6) is 0 Å². The fourth-order valence-electron chi connectivity index (χ4n) is 3.40. The van der Waals surface area contributed by atoms with Gasteiger partial charge in [-0.05, 0) is 48.2 Å². The fourth-order valence-corrected chi connectivity index (χ4v) is 7.65. The third-order valence-corrected chi connectivity index (χ3v) is 9.95. The molecule has 3 atom stereocenters. The SMILES string of the molecule is Cn1nnnc1SCC1=C(C(=O)OC(C)(C)C)N2C(=O)C(NC(=O)CS(=O)c3cccs3)[C@@H]2SC1. The normalized spacial score (nSPS) is 20.8. The quantitative estimate of drug-likeness (QED) is 0.287.